The normalized spacial score (nSPS) is 10.8. The van der Waals surface area contributed by atoms with Gasteiger partial charge < -0.3 is 0 Å². The lowest BCUT2D eigenvalue weighted by atomic mass is 10.1. The Morgan fingerprint density at radius 2 is 2.19 bits per heavy atom. The average Bonchev–Trinajstić information content (AvgIpc) is 2.50. The Morgan fingerprint density at radius 1 is 1.33 bits per heavy atom. The molecule has 1 amide bonds. The zero-order valence-corrected chi connectivity index (χ0v) is 12.8. The topological polar surface area (TPSA) is 51.2 Å². The van der Waals surface area contributed by atoms with Gasteiger partial charge in [-0.15, -0.1) is 0 Å². The summed E-state index contributed by atoms with van der Waals surface area (Å²) in [6.07, 6.45) is 5.21. The lowest BCUT2D eigenvalue weighted by Crippen LogP contribution is -2.23. The molecule has 21 heavy (non-hydrogen) atoms. The molecule has 0 aliphatic heterocycles. The van der Waals surface area contributed by atoms with Crippen LogP contribution >= 0.6 is 11.6 Å². The summed E-state index contributed by atoms with van der Waals surface area (Å²) in [5, 5.41) is 1.58. The number of nitrogens with zero attached hydrogens (tertiary/aromatic N) is 1. The second-order valence-electron chi connectivity index (χ2n) is 4.87. The SMILES string of the molecule is CCCCCC(=O)NOCc1c(Cl)ccc2cccnc12. The first kappa shape index (κ1) is 15.7. The van der Waals surface area contributed by atoms with Crippen LogP contribution in [-0.2, 0) is 16.2 Å². The van der Waals surface area contributed by atoms with Gasteiger partial charge in [-0.25, -0.2) is 5.48 Å². The molecule has 1 aromatic heterocycles. The van der Waals surface area contributed by atoms with Crippen LogP contribution in [0.15, 0.2) is 30.5 Å². The van der Waals surface area contributed by atoms with Gasteiger partial charge >= 0.3 is 0 Å². The maximum Gasteiger partial charge on any atom is 0.243 e. The van der Waals surface area contributed by atoms with E-state index in [4.69, 9.17) is 16.4 Å². The number of unbranched alkanes of at least 4 members (excludes halogenated alkanes) is 2. The molecule has 0 saturated heterocycles. The molecule has 5 heteroatoms. The van der Waals surface area contributed by atoms with E-state index >= 15 is 0 Å². The Labute approximate surface area is 129 Å². The van der Waals surface area contributed by atoms with E-state index in [0.717, 1.165) is 35.7 Å². The molecule has 2 rings (SSSR count). The first-order valence-corrected chi connectivity index (χ1v) is 7.53. The quantitative estimate of drug-likeness (QED) is 0.621. The largest absolute Gasteiger partial charge is 0.273 e. The molecule has 0 atom stereocenters. The van der Waals surface area contributed by atoms with E-state index in [0.29, 0.717) is 11.4 Å². The van der Waals surface area contributed by atoms with Crippen LogP contribution < -0.4 is 5.48 Å². The summed E-state index contributed by atoms with van der Waals surface area (Å²) in [6, 6.07) is 7.56. The molecule has 4 nitrogen and oxygen atoms in total. The number of fused-ring (bicyclic) bond motifs is 1. The number of carbonyl (C=O) groups is 1. The first-order chi connectivity index (χ1) is 10.2. The minimum absolute atomic E-state index is 0.104. The fourth-order valence-corrected chi connectivity index (χ4v) is 2.30. The highest BCUT2D eigenvalue weighted by molar-refractivity contribution is 6.32. The Kier molecular flexibility index (Phi) is 5.96. The highest BCUT2D eigenvalue weighted by Gasteiger charge is 2.08. The molecule has 0 spiro atoms. The van der Waals surface area contributed by atoms with E-state index in [9.17, 15) is 4.79 Å². The molecule has 2 aromatic rings. The Bertz CT molecular complexity index is 616. The van der Waals surface area contributed by atoms with Crippen LogP contribution in [0.4, 0.5) is 0 Å². The Hall–Kier alpha value is -1.65. The molecular weight excluding hydrogens is 288 g/mol. The van der Waals surface area contributed by atoms with E-state index in [1.54, 1.807) is 6.20 Å². The number of benzene rings is 1. The van der Waals surface area contributed by atoms with Crippen molar-refractivity contribution in [3.05, 3.63) is 41.0 Å². The van der Waals surface area contributed by atoms with Crippen molar-refractivity contribution in [1.82, 2.24) is 10.5 Å². The van der Waals surface area contributed by atoms with E-state index in [1.165, 1.54) is 0 Å². The number of nitrogens with one attached hydrogen (secondary N) is 1. The summed E-state index contributed by atoms with van der Waals surface area (Å²) in [5.41, 5.74) is 4.03. The van der Waals surface area contributed by atoms with Gasteiger partial charge in [0, 0.05) is 28.6 Å². The fourth-order valence-electron chi connectivity index (χ4n) is 2.09. The van der Waals surface area contributed by atoms with Crippen molar-refractivity contribution < 1.29 is 9.63 Å². The van der Waals surface area contributed by atoms with Gasteiger partial charge in [0.15, 0.2) is 0 Å². The summed E-state index contributed by atoms with van der Waals surface area (Å²) in [5.74, 6) is -0.104. The van der Waals surface area contributed by atoms with Gasteiger partial charge in [0.05, 0.1) is 5.52 Å². The van der Waals surface area contributed by atoms with E-state index < -0.39 is 0 Å². The van der Waals surface area contributed by atoms with Gasteiger partial charge in [0.25, 0.3) is 0 Å². The molecule has 0 radical (unpaired) electrons. The van der Waals surface area contributed by atoms with Gasteiger partial charge in [-0.2, -0.15) is 0 Å². The summed E-state index contributed by atoms with van der Waals surface area (Å²) < 4.78 is 0. The molecule has 0 aliphatic rings. The highest BCUT2D eigenvalue weighted by atomic mass is 35.5. The van der Waals surface area contributed by atoms with Crippen LogP contribution in [0.25, 0.3) is 10.9 Å². The van der Waals surface area contributed by atoms with Crippen molar-refractivity contribution in [2.75, 3.05) is 0 Å². The molecule has 1 heterocycles. The predicted octanol–water partition coefficient (Wildman–Crippen LogP) is 4.02. The van der Waals surface area contributed by atoms with Crippen LogP contribution in [0.3, 0.4) is 0 Å². The fraction of sp³-hybridized carbons (Fsp3) is 0.375. The van der Waals surface area contributed by atoms with Crippen molar-refractivity contribution in [3.8, 4) is 0 Å². The second-order valence-corrected chi connectivity index (χ2v) is 5.28. The summed E-state index contributed by atoms with van der Waals surface area (Å²) in [7, 11) is 0. The smallest absolute Gasteiger partial charge is 0.243 e. The number of aromatic nitrogens is 1. The number of hydroxylamine groups is 1. The number of carbonyl (C=O) groups excluding carboxylic acids is 1. The Balaban J connectivity index is 1.94. The molecular formula is C16H19ClN2O2. The number of rotatable bonds is 7. The number of hydrogen-bond acceptors (Lipinski definition) is 3. The number of pyridine rings is 1. The van der Waals surface area contributed by atoms with Crippen molar-refractivity contribution >= 4 is 28.4 Å². The zero-order chi connectivity index (χ0) is 15.1. The highest BCUT2D eigenvalue weighted by Crippen LogP contribution is 2.24. The molecule has 1 N–H and O–H groups in total. The monoisotopic (exact) mass is 306 g/mol. The maximum atomic E-state index is 11.6. The van der Waals surface area contributed by atoms with Crippen LogP contribution in [0.2, 0.25) is 5.02 Å². The molecule has 0 unspecified atom stereocenters. The number of amides is 1. The molecule has 1 aromatic carbocycles. The number of hydrogen-bond donors (Lipinski definition) is 1. The van der Waals surface area contributed by atoms with Crippen LogP contribution in [0.5, 0.6) is 0 Å². The third-order valence-corrected chi connectivity index (χ3v) is 3.59. The zero-order valence-electron chi connectivity index (χ0n) is 12.1. The molecule has 112 valence electrons. The first-order valence-electron chi connectivity index (χ1n) is 7.15. The van der Waals surface area contributed by atoms with Gasteiger partial charge in [-0.3, -0.25) is 14.6 Å². The summed E-state index contributed by atoms with van der Waals surface area (Å²) >= 11 is 6.19. The predicted molar refractivity (Wildman–Crippen MR) is 83.8 cm³/mol. The third-order valence-electron chi connectivity index (χ3n) is 3.23. The van der Waals surface area contributed by atoms with Crippen molar-refractivity contribution in [1.29, 1.82) is 0 Å². The van der Waals surface area contributed by atoms with Crippen molar-refractivity contribution in [3.63, 3.8) is 0 Å². The average molecular weight is 307 g/mol. The van der Waals surface area contributed by atoms with Crippen molar-refractivity contribution in [2.24, 2.45) is 0 Å². The van der Waals surface area contributed by atoms with E-state index in [2.05, 4.69) is 17.4 Å². The lowest BCUT2D eigenvalue weighted by molar-refractivity contribution is -0.134. The minimum atomic E-state index is -0.104. The molecule has 0 fully saturated rings. The van der Waals surface area contributed by atoms with Gasteiger partial charge in [-0.1, -0.05) is 43.5 Å². The minimum Gasteiger partial charge on any atom is -0.273 e. The van der Waals surface area contributed by atoms with Crippen LogP contribution in [-0.4, -0.2) is 10.9 Å². The van der Waals surface area contributed by atoms with E-state index in [-0.39, 0.29) is 12.5 Å². The van der Waals surface area contributed by atoms with Gasteiger partial charge in [-0.05, 0) is 18.6 Å². The second kappa shape index (κ2) is 7.96. The third kappa shape index (κ3) is 4.41. The summed E-state index contributed by atoms with van der Waals surface area (Å²) in [4.78, 5) is 21.2. The standard InChI is InChI=1S/C16H19ClN2O2/c1-2-3-4-7-15(20)19-21-11-13-14(17)9-8-12-6-5-10-18-16(12)13/h5-6,8-10H,2-4,7,11H2,1H3,(H,19,20). The summed E-state index contributed by atoms with van der Waals surface area (Å²) in [6.45, 7) is 2.30. The molecule has 0 aliphatic carbocycles. The van der Waals surface area contributed by atoms with Crippen LogP contribution in [0.1, 0.15) is 38.2 Å². The Morgan fingerprint density at radius 3 is 3.00 bits per heavy atom. The van der Waals surface area contributed by atoms with Crippen molar-refractivity contribution in [2.45, 2.75) is 39.2 Å². The van der Waals surface area contributed by atoms with Gasteiger partial charge in [0.1, 0.15) is 6.61 Å². The van der Waals surface area contributed by atoms with E-state index in [1.807, 2.05) is 24.3 Å². The lowest BCUT2D eigenvalue weighted by Gasteiger charge is -2.09. The number of halogens is 1. The molecule has 0 bridgehead atoms. The maximum absolute atomic E-state index is 11.6. The van der Waals surface area contributed by atoms with Gasteiger partial charge in [0.2, 0.25) is 5.91 Å². The van der Waals surface area contributed by atoms with Crippen LogP contribution in [0, 0.1) is 0 Å². The molecule has 0 saturated carbocycles.